The van der Waals surface area contributed by atoms with Crippen molar-refractivity contribution < 1.29 is 9.59 Å². The molecule has 0 aromatic carbocycles. The van der Waals surface area contributed by atoms with E-state index in [-0.39, 0.29) is 23.9 Å². The second-order valence-corrected chi connectivity index (χ2v) is 4.68. The number of hydrogen-bond donors (Lipinski definition) is 3. The maximum Gasteiger partial charge on any atom is 0.239 e. The molecule has 0 saturated heterocycles. The molecule has 0 radical (unpaired) electrons. The van der Waals surface area contributed by atoms with Gasteiger partial charge in [-0.3, -0.25) is 9.59 Å². The summed E-state index contributed by atoms with van der Waals surface area (Å²) >= 11 is 0. The molecule has 0 unspecified atom stereocenters. The number of amides is 2. The van der Waals surface area contributed by atoms with Crippen LogP contribution in [0.25, 0.3) is 0 Å². The van der Waals surface area contributed by atoms with Gasteiger partial charge in [-0.1, -0.05) is 6.92 Å². The molecular weight excluding hydrogens is 206 g/mol. The van der Waals surface area contributed by atoms with Crippen LogP contribution in [0.5, 0.6) is 0 Å². The first kappa shape index (κ1) is 14.9. The van der Waals surface area contributed by atoms with Crippen LogP contribution < -0.4 is 16.0 Å². The predicted molar refractivity (Wildman–Crippen MR) is 64.1 cm³/mol. The number of rotatable bonds is 6. The molecule has 0 aromatic heterocycles. The van der Waals surface area contributed by atoms with Gasteiger partial charge in [-0.05, 0) is 27.3 Å². The van der Waals surface area contributed by atoms with Gasteiger partial charge >= 0.3 is 0 Å². The Labute approximate surface area is 97.4 Å². The third-order valence-corrected chi connectivity index (χ3v) is 1.74. The molecule has 0 fully saturated rings. The van der Waals surface area contributed by atoms with Gasteiger partial charge < -0.3 is 16.0 Å². The summed E-state index contributed by atoms with van der Waals surface area (Å²) < 4.78 is 0. The molecule has 0 heterocycles. The molecule has 5 nitrogen and oxygen atoms in total. The minimum Gasteiger partial charge on any atom is -0.350 e. The van der Waals surface area contributed by atoms with Crippen LogP contribution in [-0.2, 0) is 9.59 Å². The van der Waals surface area contributed by atoms with Gasteiger partial charge in [-0.15, -0.1) is 0 Å². The average molecular weight is 229 g/mol. The molecule has 0 spiro atoms. The lowest BCUT2D eigenvalue weighted by Crippen LogP contribution is -2.46. The molecule has 5 heteroatoms. The summed E-state index contributed by atoms with van der Waals surface area (Å²) in [7, 11) is 0. The minimum atomic E-state index is -0.258. The van der Waals surface area contributed by atoms with E-state index in [0.29, 0.717) is 13.0 Å². The van der Waals surface area contributed by atoms with Gasteiger partial charge in [0.05, 0.1) is 6.54 Å². The van der Waals surface area contributed by atoms with Crippen LogP contribution in [0.3, 0.4) is 0 Å². The molecule has 94 valence electrons. The number of hydrogen-bond acceptors (Lipinski definition) is 3. The normalized spacial score (nSPS) is 11.0. The Morgan fingerprint density at radius 3 is 2.25 bits per heavy atom. The van der Waals surface area contributed by atoms with Gasteiger partial charge in [0, 0.05) is 18.5 Å². The van der Waals surface area contributed by atoms with Crippen molar-refractivity contribution in [3.05, 3.63) is 0 Å². The Bertz CT molecular complexity index is 234. The fourth-order valence-electron chi connectivity index (χ4n) is 1.11. The first-order valence-corrected chi connectivity index (χ1v) is 5.63. The van der Waals surface area contributed by atoms with Crippen molar-refractivity contribution in [2.45, 2.75) is 39.7 Å². The van der Waals surface area contributed by atoms with E-state index >= 15 is 0 Å². The molecule has 16 heavy (non-hydrogen) atoms. The van der Waals surface area contributed by atoms with Gasteiger partial charge in [0.2, 0.25) is 11.8 Å². The van der Waals surface area contributed by atoms with E-state index in [1.807, 2.05) is 27.7 Å². The SMILES string of the molecule is CCNCCC(=O)NCC(=O)NC(C)(C)C. The van der Waals surface area contributed by atoms with Crippen molar-refractivity contribution in [3.8, 4) is 0 Å². The van der Waals surface area contributed by atoms with Crippen molar-refractivity contribution in [2.75, 3.05) is 19.6 Å². The van der Waals surface area contributed by atoms with E-state index in [4.69, 9.17) is 0 Å². The highest BCUT2D eigenvalue weighted by molar-refractivity contribution is 5.85. The average Bonchev–Trinajstić information content (AvgIpc) is 2.12. The molecule has 0 bridgehead atoms. The molecule has 0 rings (SSSR count). The van der Waals surface area contributed by atoms with Crippen LogP contribution in [0.15, 0.2) is 0 Å². The van der Waals surface area contributed by atoms with Gasteiger partial charge in [0.25, 0.3) is 0 Å². The summed E-state index contributed by atoms with van der Waals surface area (Å²) in [6, 6.07) is 0. The summed E-state index contributed by atoms with van der Waals surface area (Å²) in [6.07, 6.45) is 0.399. The quantitative estimate of drug-likeness (QED) is 0.562. The molecule has 0 saturated carbocycles. The Kier molecular flexibility index (Phi) is 6.72. The first-order valence-electron chi connectivity index (χ1n) is 5.63. The highest BCUT2D eigenvalue weighted by atomic mass is 16.2. The smallest absolute Gasteiger partial charge is 0.239 e. The second kappa shape index (κ2) is 7.22. The maximum atomic E-state index is 11.4. The van der Waals surface area contributed by atoms with Crippen molar-refractivity contribution in [3.63, 3.8) is 0 Å². The van der Waals surface area contributed by atoms with E-state index in [2.05, 4.69) is 16.0 Å². The Hall–Kier alpha value is -1.10. The van der Waals surface area contributed by atoms with Crippen molar-refractivity contribution in [1.29, 1.82) is 0 Å². The second-order valence-electron chi connectivity index (χ2n) is 4.68. The lowest BCUT2D eigenvalue weighted by molar-refractivity contribution is -0.126. The summed E-state index contributed by atoms with van der Waals surface area (Å²) in [5.41, 5.74) is -0.258. The zero-order valence-corrected chi connectivity index (χ0v) is 10.6. The number of carbonyl (C=O) groups is 2. The third-order valence-electron chi connectivity index (χ3n) is 1.74. The van der Waals surface area contributed by atoms with Crippen LogP contribution in [0.2, 0.25) is 0 Å². The zero-order chi connectivity index (χ0) is 12.6. The lowest BCUT2D eigenvalue weighted by atomic mass is 10.1. The number of carbonyl (C=O) groups excluding carboxylic acids is 2. The Balaban J connectivity index is 3.63. The predicted octanol–water partition coefficient (Wildman–Crippen LogP) is 0.0169. The van der Waals surface area contributed by atoms with E-state index in [1.54, 1.807) is 0 Å². The standard InChI is InChI=1S/C11H23N3O2/c1-5-12-7-6-9(15)13-8-10(16)14-11(2,3)4/h12H,5-8H2,1-4H3,(H,13,15)(H,14,16). The minimum absolute atomic E-state index is 0.0439. The molecule has 3 N–H and O–H groups in total. The summed E-state index contributed by atoms with van der Waals surface area (Å²) in [5.74, 6) is -0.269. The van der Waals surface area contributed by atoms with E-state index < -0.39 is 0 Å². The lowest BCUT2D eigenvalue weighted by Gasteiger charge is -2.20. The van der Waals surface area contributed by atoms with Crippen LogP contribution in [0.1, 0.15) is 34.1 Å². The summed E-state index contributed by atoms with van der Waals surface area (Å²) in [5, 5.41) is 8.39. The third kappa shape index (κ3) is 9.45. The Morgan fingerprint density at radius 2 is 1.75 bits per heavy atom. The molecule has 0 aliphatic heterocycles. The highest BCUT2D eigenvalue weighted by Gasteiger charge is 2.13. The van der Waals surface area contributed by atoms with E-state index in [0.717, 1.165) is 6.54 Å². The monoisotopic (exact) mass is 229 g/mol. The topological polar surface area (TPSA) is 70.2 Å². The highest BCUT2D eigenvalue weighted by Crippen LogP contribution is 1.97. The fourth-order valence-corrected chi connectivity index (χ4v) is 1.11. The maximum absolute atomic E-state index is 11.4. The van der Waals surface area contributed by atoms with Crippen molar-refractivity contribution in [2.24, 2.45) is 0 Å². The molecule has 0 aromatic rings. The number of nitrogens with one attached hydrogen (secondary N) is 3. The van der Waals surface area contributed by atoms with Crippen molar-refractivity contribution in [1.82, 2.24) is 16.0 Å². The fraction of sp³-hybridized carbons (Fsp3) is 0.818. The van der Waals surface area contributed by atoms with Crippen LogP contribution >= 0.6 is 0 Å². The van der Waals surface area contributed by atoms with Gasteiger partial charge in [0.1, 0.15) is 0 Å². The summed E-state index contributed by atoms with van der Waals surface area (Å²) in [4.78, 5) is 22.6. The van der Waals surface area contributed by atoms with Crippen molar-refractivity contribution >= 4 is 11.8 Å². The van der Waals surface area contributed by atoms with Gasteiger partial charge in [0.15, 0.2) is 0 Å². The van der Waals surface area contributed by atoms with Crippen LogP contribution in [-0.4, -0.2) is 37.0 Å². The molecule has 0 atom stereocenters. The zero-order valence-electron chi connectivity index (χ0n) is 10.6. The van der Waals surface area contributed by atoms with Crippen LogP contribution in [0.4, 0.5) is 0 Å². The van der Waals surface area contributed by atoms with E-state index in [9.17, 15) is 9.59 Å². The van der Waals surface area contributed by atoms with Gasteiger partial charge in [-0.25, -0.2) is 0 Å². The van der Waals surface area contributed by atoms with Crippen LogP contribution in [0, 0.1) is 0 Å². The molecule has 0 aliphatic rings. The largest absolute Gasteiger partial charge is 0.350 e. The Morgan fingerprint density at radius 1 is 1.12 bits per heavy atom. The summed E-state index contributed by atoms with van der Waals surface area (Å²) in [6.45, 7) is 9.21. The van der Waals surface area contributed by atoms with E-state index in [1.165, 1.54) is 0 Å². The van der Waals surface area contributed by atoms with Gasteiger partial charge in [-0.2, -0.15) is 0 Å². The first-order chi connectivity index (χ1) is 7.35. The molecule has 0 aliphatic carbocycles. The molecular formula is C11H23N3O2. The molecule has 2 amide bonds.